The summed E-state index contributed by atoms with van der Waals surface area (Å²) in [6.07, 6.45) is 9.26. The quantitative estimate of drug-likeness (QED) is 0.864. The molecule has 1 N–H and O–H groups in total. The normalized spacial score (nSPS) is 28.8. The maximum absolute atomic E-state index is 12.2. The van der Waals surface area contributed by atoms with Crippen LogP contribution in [0.2, 0.25) is 0 Å². The van der Waals surface area contributed by atoms with Gasteiger partial charge in [0.25, 0.3) is 10.2 Å². The van der Waals surface area contributed by atoms with Gasteiger partial charge in [-0.05, 0) is 36.3 Å². The third-order valence-corrected chi connectivity index (χ3v) is 7.06. The molecule has 1 saturated carbocycles. The van der Waals surface area contributed by atoms with Crippen LogP contribution in [-0.4, -0.2) is 32.9 Å². The number of hydrogen-bond acceptors (Lipinski definition) is 3. The van der Waals surface area contributed by atoms with Gasteiger partial charge in [0.05, 0.1) is 11.5 Å². The molecular formula is C20H25N3O2S. The lowest BCUT2D eigenvalue weighted by Crippen LogP contribution is -2.47. The van der Waals surface area contributed by atoms with Crippen LogP contribution in [0.4, 0.5) is 0 Å². The minimum atomic E-state index is -3.51. The van der Waals surface area contributed by atoms with E-state index >= 15 is 0 Å². The van der Waals surface area contributed by atoms with E-state index in [1.807, 2.05) is 30.4 Å². The van der Waals surface area contributed by atoms with Gasteiger partial charge in [-0.1, -0.05) is 55.0 Å². The van der Waals surface area contributed by atoms with Crippen molar-refractivity contribution in [3.8, 4) is 6.07 Å². The van der Waals surface area contributed by atoms with E-state index in [4.69, 9.17) is 0 Å². The molecule has 2 aliphatic carbocycles. The van der Waals surface area contributed by atoms with Crippen LogP contribution in [0.1, 0.15) is 31.2 Å². The molecule has 0 aromatic heterocycles. The second-order valence-electron chi connectivity index (χ2n) is 7.26. The Morgan fingerprint density at radius 3 is 2.54 bits per heavy atom. The predicted molar refractivity (Wildman–Crippen MR) is 103 cm³/mol. The van der Waals surface area contributed by atoms with Gasteiger partial charge < -0.3 is 0 Å². The Morgan fingerprint density at radius 2 is 1.96 bits per heavy atom. The molecule has 1 unspecified atom stereocenters. The molecule has 6 heteroatoms. The van der Waals surface area contributed by atoms with Crippen molar-refractivity contribution in [1.29, 1.82) is 5.26 Å². The first-order valence-electron chi connectivity index (χ1n) is 8.94. The summed E-state index contributed by atoms with van der Waals surface area (Å²) in [5.41, 5.74) is 1.58. The monoisotopic (exact) mass is 371 g/mol. The largest absolute Gasteiger partial charge is 0.279 e. The van der Waals surface area contributed by atoms with E-state index in [1.165, 1.54) is 18.4 Å². The van der Waals surface area contributed by atoms with E-state index in [-0.39, 0.29) is 12.0 Å². The second kappa shape index (κ2) is 7.36. The van der Waals surface area contributed by atoms with Gasteiger partial charge in [0.15, 0.2) is 0 Å². The van der Waals surface area contributed by atoms with Crippen molar-refractivity contribution in [2.24, 2.45) is 11.3 Å². The van der Waals surface area contributed by atoms with Gasteiger partial charge in [-0.15, -0.1) is 0 Å². The van der Waals surface area contributed by atoms with Crippen LogP contribution in [-0.2, 0) is 10.2 Å². The zero-order valence-electron chi connectivity index (χ0n) is 15.2. The SMILES string of the molecule is CN(C)S(=O)(=O)N[C@@H]1CCC[C@@H]1C1(C#N)C=CC(c2ccccc2)=CC1. The summed E-state index contributed by atoms with van der Waals surface area (Å²) < 4.78 is 28.5. The fourth-order valence-electron chi connectivity index (χ4n) is 3.95. The van der Waals surface area contributed by atoms with Gasteiger partial charge >= 0.3 is 0 Å². The summed E-state index contributed by atoms with van der Waals surface area (Å²) in [4.78, 5) is 0. The summed E-state index contributed by atoms with van der Waals surface area (Å²) in [6.45, 7) is 0. The van der Waals surface area contributed by atoms with Crippen LogP contribution < -0.4 is 4.72 Å². The first kappa shape index (κ1) is 18.8. The highest BCUT2D eigenvalue weighted by Crippen LogP contribution is 2.46. The van der Waals surface area contributed by atoms with E-state index in [0.717, 1.165) is 30.4 Å². The van der Waals surface area contributed by atoms with E-state index in [0.29, 0.717) is 6.42 Å². The topological polar surface area (TPSA) is 73.2 Å². The van der Waals surface area contributed by atoms with E-state index in [1.54, 1.807) is 0 Å². The van der Waals surface area contributed by atoms with Gasteiger partial charge in [-0.25, -0.2) is 0 Å². The fraction of sp³-hybridized carbons (Fsp3) is 0.450. The van der Waals surface area contributed by atoms with Crippen molar-refractivity contribution in [3.05, 3.63) is 54.1 Å². The highest BCUT2D eigenvalue weighted by Gasteiger charge is 2.45. The number of allylic oxidation sites excluding steroid dienone is 4. The average Bonchev–Trinajstić information content (AvgIpc) is 3.10. The summed E-state index contributed by atoms with van der Waals surface area (Å²) in [7, 11) is -0.476. The van der Waals surface area contributed by atoms with Crippen molar-refractivity contribution < 1.29 is 8.42 Å². The number of benzene rings is 1. The molecule has 138 valence electrons. The second-order valence-corrected chi connectivity index (χ2v) is 9.18. The van der Waals surface area contributed by atoms with Gasteiger partial charge in [-0.2, -0.15) is 22.7 Å². The van der Waals surface area contributed by atoms with Gasteiger partial charge in [0.1, 0.15) is 0 Å². The van der Waals surface area contributed by atoms with Gasteiger partial charge in [0, 0.05) is 20.1 Å². The Hall–Kier alpha value is -1.94. The van der Waals surface area contributed by atoms with E-state index in [9.17, 15) is 13.7 Å². The molecule has 0 radical (unpaired) electrons. The molecule has 1 aromatic carbocycles. The summed E-state index contributed by atoms with van der Waals surface area (Å²) in [6, 6.07) is 12.4. The maximum atomic E-state index is 12.2. The Bertz CT molecular complexity index is 853. The molecule has 3 rings (SSSR count). The average molecular weight is 372 g/mol. The minimum absolute atomic E-state index is 0.0213. The molecule has 2 aliphatic rings. The molecule has 0 amide bonds. The molecule has 1 fully saturated rings. The molecule has 0 aliphatic heterocycles. The Labute approximate surface area is 156 Å². The lowest BCUT2D eigenvalue weighted by atomic mass is 9.69. The Morgan fingerprint density at radius 1 is 1.23 bits per heavy atom. The summed E-state index contributed by atoms with van der Waals surface area (Å²) >= 11 is 0. The zero-order chi connectivity index (χ0) is 18.8. The Balaban J connectivity index is 1.82. The van der Waals surface area contributed by atoms with Crippen molar-refractivity contribution in [1.82, 2.24) is 9.03 Å². The van der Waals surface area contributed by atoms with Gasteiger partial charge in [0.2, 0.25) is 0 Å². The number of rotatable bonds is 5. The third-order valence-electron chi connectivity index (χ3n) is 5.49. The molecule has 0 heterocycles. The lowest BCUT2D eigenvalue weighted by Gasteiger charge is -2.35. The van der Waals surface area contributed by atoms with Crippen LogP contribution in [0.5, 0.6) is 0 Å². The smallest absolute Gasteiger partial charge is 0.199 e. The predicted octanol–water partition coefficient (Wildman–Crippen LogP) is 3.10. The highest BCUT2D eigenvalue weighted by atomic mass is 32.2. The van der Waals surface area contributed by atoms with Crippen LogP contribution >= 0.6 is 0 Å². The third kappa shape index (κ3) is 3.61. The van der Waals surface area contributed by atoms with Crippen molar-refractivity contribution in [3.63, 3.8) is 0 Å². The van der Waals surface area contributed by atoms with Gasteiger partial charge in [-0.3, -0.25) is 0 Å². The van der Waals surface area contributed by atoms with Crippen molar-refractivity contribution in [2.75, 3.05) is 14.1 Å². The highest BCUT2D eigenvalue weighted by molar-refractivity contribution is 7.87. The zero-order valence-corrected chi connectivity index (χ0v) is 16.0. The fourth-order valence-corrected chi connectivity index (χ4v) is 4.83. The minimum Gasteiger partial charge on any atom is -0.199 e. The first-order chi connectivity index (χ1) is 12.4. The van der Waals surface area contributed by atoms with E-state index < -0.39 is 15.6 Å². The van der Waals surface area contributed by atoms with E-state index in [2.05, 4.69) is 29.0 Å². The van der Waals surface area contributed by atoms with Crippen LogP contribution in [0.3, 0.4) is 0 Å². The summed E-state index contributed by atoms with van der Waals surface area (Å²) in [5.74, 6) is -0.0213. The number of hydrogen-bond donors (Lipinski definition) is 1. The first-order valence-corrected chi connectivity index (χ1v) is 10.4. The molecule has 26 heavy (non-hydrogen) atoms. The lowest BCUT2D eigenvalue weighted by molar-refractivity contribution is 0.272. The summed E-state index contributed by atoms with van der Waals surface area (Å²) in [5, 5.41) is 9.97. The maximum Gasteiger partial charge on any atom is 0.279 e. The number of nitrogens with zero attached hydrogens (tertiary/aromatic N) is 2. The number of nitriles is 1. The molecule has 0 bridgehead atoms. The molecule has 3 atom stereocenters. The van der Waals surface area contributed by atoms with Crippen molar-refractivity contribution >= 4 is 15.8 Å². The number of nitrogens with one attached hydrogen (secondary N) is 1. The Kier molecular flexibility index (Phi) is 5.33. The molecular weight excluding hydrogens is 346 g/mol. The molecule has 5 nitrogen and oxygen atoms in total. The standard InChI is InChI=1S/C20H25N3O2S/c1-23(2)26(24,25)22-19-10-6-9-18(19)20(15-21)13-11-17(12-14-20)16-7-4-3-5-8-16/h3-5,7-8,11-13,18-19,22H,6,9-10,14H2,1-2H3/t18-,19+,20?/m0/s1. The van der Waals surface area contributed by atoms with Crippen LogP contribution in [0, 0.1) is 22.7 Å². The molecule has 0 saturated heterocycles. The molecule has 0 spiro atoms. The van der Waals surface area contributed by atoms with Crippen molar-refractivity contribution in [2.45, 2.75) is 31.7 Å². The molecule has 1 aromatic rings. The van der Waals surface area contributed by atoms with Crippen LogP contribution in [0.25, 0.3) is 5.57 Å². The van der Waals surface area contributed by atoms with Crippen LogP contribution in [0.15, 0.2) is 48.6 Å².